The molecule has 136 valence electrons. The van der Waals surface area contributed by atoms with Crippen molar-refractivity contribution < 1.29 is 19.8 Å². The summed E-state index contributed by atoms with van der Waals surface area (Å²) in [6, 6.07) is 5.55. The Kier molecular flexibility index (Phi) is 6.58. The number of benzene rings is 1. The minimum Gasteiger partial charge on any atom is -0.481 e. The van der Waals surface area contributed by atoms with E-state index in [9.17, 15) is 14.7 Å². The Hall–Kier alpha value is -2.34. The first-order valence-electron chi connectivity index (χ1n) is 8.73. The van der Waals surface area contributed by atoms with Crippen LogP contribution in [-0.2, 0) is 16.0 Å². The molecule has 2 aromatic rings. The van der Waals surface area contributed by atoms with Crippen LogP contribution in [0.25, 0.3) is 10.9 Å². The summed E-state index contributed by atoms with van der Waals surface area (Å²) in [4.78, 5) is 28.2. The lowest BCUT2D eigenvalue weighted by atomic mass is 9.90. The Morgan fingerprint density at radius 2 is 1.92 bits per heavy atom. The molecule has 1 heterocycles. The van der Waals surface area contributed by atoms with E-state index in [1.165, 1.54) is 0 Å². The third-order valence-electron chi connectivity index (χ3n) is 4.73. The van der Waals surface area contributed by atoms with Gasteiger partial charge in [0, 0.05) is 30.1 Å². The van der Waals surface area contributed by atoms with Gasteiger partial charge in [-0.2, -0.15) is 0 Å². The number of carboxylic acid groups (broad SMARTS) is 2. The lowest BCUT2D eigenvalue weighted by Gasteiger charge is -2.18. The van der Waals surface area contributed by atoms with Crippen LogP contribution in [0.4, 0.5) is 0 Å². The standard InChI is InChI=1S/C19H26N2O4/c1-3-21(4-2)11-10-13-12-20-16-7-5-6-14(18(13)16)15(19(24)25)8-9-17(22)23/h5-7,12,15,20H,3-4,8-11H2,1-2H3,(H,22,23)(H,24,25). The molecule has 1 aromatic heterocycles. The summed E-state index contributed by atoms with van der Waals surface area (Å²) < 4.78 is 0. The second kappa shape index (κ2) is 8.67. The highest BCUT2D eigenvalue weighted by molar-refractivity contribution is 5.91. The van der Waals surface area contributed by atoms with E-state index >= 15 is 0 Å². The summed E-state index contributed by atoms with van der Waals surface area (Å²) in [5.41, 5.74) is 2.68. The average Bonchev–Trinajstić information content (AvgIpc) is 2.99. The number of carbonyl (C=O) groups is 2. The summed E-state index contributed by atoms with van der Waals surface area (Å²) in [5.74, 6) is -2.78. The van der Waals surface area contributed by atoms with E-state index in [1.54, 1.807) is 6.07 Å². The third kappa shape index (κ3) is 4.60. The first kappa shape index (κ1) is 19.0. The Labute approximate surface area is 147 Å². The second-order valence-electron chi connectivity index (χ2n) is 6.18. The molecule has 0 amide bonds. The summed E-state index contributed by atoms with van der Waals surface area (Å²) in [6.45, 7) is 7.10. The first-order valence-corrected chi connectivity index (χ1v) is 8.73. The van der Waals surface area contributed by atoms with E-state index in [-0.39, 0.29) is 12.8 Å². The van der Waals surface area contributed by atoms with Crippen LogP contribution in [0, 0.1) is 0 Å². The quantitative estimate of drug-likeness (QED) is 0.615. The van der Waals surface area contributed by atoms with Gasteiger partial charge in [-0.15, -0.1) is 0 Å². The van der Waals surface area contributed by atoms with Crippen molar-refractivity contribution in [1.82, 2.24) is 9.88 Å². The highest BCUT2D eigenvalue weighted by atomic mass is 16.4. The van der Waals surface area contributed by atoms with Gasteiger partial charge in [-0.1, -0.05) is 26.0 Å². The normalized spacial score (nSPS) is 12.6. The third-order valence-corrected chi connectivity index (χ3v) is 4.73. The van der Waals surface area contributed by atoms with Crippen molar-refractivity contribution in [2.75, 3.05) is 19.6 Å². The van der Waals surface area contributed by atoms with Crippen LogP contribution in [-0.4, -0.2) is 51.7 Å². The van der Waals surface area contributed by atoms with Crippen LogP contribution in [0.15, 0.2) is 24.4 Å². The molecule has 0 saturated carbocycles. The van der Waals surface area contributed by atoms with Gasteiger partial charge in [0.1, 0.15) is 0 Å². The Balaban J connectivity index is 2.36. The number of likely N-dealkylation sites (N-methyl/N-ethyl adjacent to an activating group) is 1. The Bertz CT molecular complexity index is 734. The fraction of sp³-hybridized carbons (Fsp3) is 0.474. The highest BCUT2D eigenvalue weighted by Crippen LogP contribution is 2.31. The van der Waals surface area contributed by atoms with Gasteiger partial charge in [0.05, 0.1) is 5.92 Å². The predicted octanol–water partition coefficient (Wildman–Crippen LogP) is 3.09. The summed E-state index contributed by atoms with van der Waals surface area (Å²) in [7, 11) is 0. The molecule has 0 saturated heterocycles. The molecule has 25 heavy (non-hydrogen) atoms. The summed E-state index contributed by atoms with van der Waals surface area (Å²) in [5, 5.41) is 19.4. The van der Waals surface area contributed by atoms with Crippen molar-refractivity contribution in [2.45, 2.75) is 39.0 Å². The molecule has 0 spiro atoms. The number of H-pyrrole nitrogens is 1. The largest absolute Gasteiger partial charge is 0.481 e. The number of hydrogen-bond donors (Lipinski definition) is 3. The molecule has 0 aliphatic heterocycles. The van der Waals surface area contributed by atoms with Gasteiger partial charge in [0.2, 0.25) is 0 Å². The molecule has 6 nitrogen and oxygen atoms in total. The van der Waals surface area contributed by atoms with Crippen molar-refractivity contribution in [2.24, 2.45) is 0 Å². The lowest BCUT2D eigenvalue weighted by Crippen LogP contribution is -2.25. The van der Waals surface area contributed by atoms with Crippen molar-refractivity contribution in [3.63, 3.8) is 0 Å². The van der Waals surface area contributed by atoms with E-state index < -0.39 is 17.9 Å². The summed E-state index contributed by atoms with van der Waals surface area (Å²) in [6.07, 6.45) is 2.69. The molecule has 1 atom stereocenters. The fourth-order valence-corrected chi connectivity index (χ4v) is 3.27. The Morgan fingerprint density at radius 3 is 2.52 bits per heavy atom. The number of aromatic nitrogens is 1. The van der Waals surface area contributed by atoms with Crippen LogP contribution in [0.2, 0.25) is 0 Å². The monoisotopic (exact) mass is 346 g/mol. The maximum atomic E-state index is 11.7. The van der Waals surface area contributed by atoms with Crippen LogP contribution in [0.5, 0.6) is 0 Å². The topological polar surface area (TPSA) is 93.6 Å². The molecule has 0 fully saturated rings. The molecular weight excluding hydrogens is 320 g/mol. The maximum absolute atomic E-state index is 11.7. The van der Waals surface area contributed by atoms with Gasteiger partial charge < -0.3 is 20.1 Å². The van der Waals surface area contributed by atoms with E-state index in [4.69, 9.17) is 5.11 Å². The molecule has 2 rings (SSSR count). The van der Waals surface area contributed by atoms with E-state index in [2.05, 4.69) is 23.7 Å². The van der Waals surface area contributed by atoms with Gasteiger partial charge in [0.15, 0.2) is 0 Å². The SMILES string of the molecule is CCN(CC)CCc1c[nH]c2cccc(C(CCC(=O)O)C(=O)O)c12. The maximum Gasteiger partial charge on any atom is 0.311 e. The van der Waals surface area contributed by atoms with Crippen LogP contribution >= 0.6 is 0 Å². The highest BCUT2D eigenvalue weighted by Gasteiger charge is 2.24. The number of fused-ring (bicyclic) bond motifs is 1. The van der Waals surface area contributed by atoms with Crippen LogP contribution in [0.1, 0.15) is 43.7 Å². The zero-order chi connectivity index (χ0) is 18.4. The molecule has 0 bridgehead atoms. The molecule has 6 heteroatoms. The molecule has 1 aromatic carbocycles. The average molecular weight is 346 g/mol. The van der Waals surface area contributed by atoms with E-state index in [0.717, 1.165) is 42.5 Å². The smallest absolute Gasteiger partial charge is 0.311 e. The van der Waals surface area contributed by atoms with Gasteiger partial charge in [0.25, 0.3) is 0 Å². The minimum absolute atomic E-state index is 0.0877. The van der Waals surface area contributed by atoms with Gasteiger partial charge in [-0.05, 0) is 43.1 Å². The zero-order valence-electron chi connectivity index (χ0n) is 14.8. The van der Waals surface area contributed by atoms with E-state index in [0.29, 0.717) is 5.56 Å². The van der Waals surface area contributed by atoms with Crippen molar-refractivity contribution >= 4 is 22.8 Å². The van der Waals surface area contributed by atoms with Crippen molar-refractivity contribution in [1.29, 1.82) is 0 Å². The lowest BCUT2D eigenvalue weighted by molar-refractivity contribution is -0.140. The molecule has 0 radical (unpaired) electrons. The Morgan fingerprint density at radius 1 is 1.20 bits per heavy atom. The molecule has 0 aliphatic rings. The molecular formula is C19H26N2O4. The van der Waals surface area contributed by atoms with Crippen LogP contribution < -0.4 is 0 Å². The second-order valence-corrected chi connectivity index (χ2v) is 6.18. The number of nitrogens with zero attached hydrogens (tertiary/aromatic N) is 1. The molecule has 3 N–H and O–H groups in total. The number of nitrogens with one attached hydrogen (secondary N) is 1. The van der Waals surface area contributed by atoms with Gasteiger partial charge in [-0.3, -0.25) is 9.59 Å². The van der Waals surface area contributed by atoms with E-state index in [1.807, 2.05) is 18.3 Å². The number of hydrogen-bond acceptors (Lipinski definition) is 3. The predicted molar refractivity (Wildman–Crippen MR) is 97.0 cm³/mol. The fourth-order valence-electron chi connectivity index (χ4n) is 3.27. The minimum atomic E-state index is -0.982. The van der Waals surface area contributed by atoms with Crippen LogP contribution in [0.3, 0.4) is 0 Å². The molecule has 0 aliphatic carbocycles. The van der Waals surface area contributed by atoms with Crippen molar-refractivity contribution in [3.05, 3.63) is 35.5 Å². The number of rotatable bonds is 10. The van der Waals surface area contributed by atoms with Gasteiger partial charge in [-0.25, -0.2) is 0 Å². The van der Waals surface area contributed by atoms with Crippen molar-refractivity contribution in [3.8, 4) is 0 Å². The zero-order valence-corrected chi connectivity index (χ0v) is 14.8. The summed E-state index contributed by atoms with van der Waals surface area (Å²) >= 11 is 0. The number of carboxylic acids is 2. The first-order chi connectivity index (χ1) is 12.0. The molecule has 1 unspecified atom stereocenters. The number of aromatic amines is 1. The number of aliphatic carboxylic acids is 2. The van der Waals surface area contributed by atoms with Gasteiger partial charge >= 0.3 is 11.9 Å².